The zero-order valence-electron chi connectivity index (χ0n) is 14.6. The number of halogens is 1. The van der Waals surface area contributed by atoms with E-state index in [1.807, 2.05) is 18.2 Å². The molecule has 6 heteroatoms. The summed E-state index contributed by atoms with van der Waals surface area (Å²) in [6.45, 7) is 6.89. The molecule has 1 saturated carbocycles. The van der Waals surface area contributed by atoms with Crippen molar-refractivity contribution in [3.63, 3.8) is 0 Å². The van der Waals surface area contributed by atoms with Gasteiger partial charge in [-0.1, -0.05) is 11.6 Å². The van der Waals surface area contributed by atoms with Crippen molar-refractivity contribution in [2.75, 3.05) is 39.5 Å². The van der Waals surface area contributed by atoms with Crippen LogP contribution in [0.4, 0.5) is 0 Å². The Labute approximate surface area is 153 Å². The highest BCUT2D eigenvalue weighted by atomic mass is 35.5. The van der Waals surface area contributed by atoms with Gasteiger partial charge in [0.2, 0.25) is 5.91 Å². The number of carbonyl (C=O) groups excluding carboxylic acids is 1. The number of rotatable bonds is 4. The average molecular weight is 365 g/mol. The Hall–Kier alpha value is -1.30. The largest absolute Gasteiger partial charge is 0.493 e. The molecule has 1 aromatic carbocycles. The Morgan fingerprint density at radius 3 is 3.16 bits per heavy atom. The van der Waals surface area contributed by atoms with E-state index in [4.69, 9.17) is 21.1 Å². The van der Waals surface area contributed by atoms with E-state index in [0.29, 0.717) is 24.2 Å². The maximum absolute atomic E-state index is 12.7. The molecule has 1 N–H and O–H groups in total. The highest BCUT2D eigenvalue weighted by Gasteiger charge is 2.61. The Morgan fingerprint density at radius 1 is 1.44 bits per heavy atom. The number of amides is 1. The fraction of sp³-hybridized carbons (Fsp3) is 0.632. The van der Waals surface area contributed by atoms with Crippen molar-refractivity contribution in [2.24, 2.45) is 5.92 Å². The van der Waals surface area contributed by atoms with Crippen LogP contribution in [0.2, 0.25) is 5.02 Å². The molecule has 0 bridgehead atoms. The van der Waals surface area contributed by atoms with Gasteiger partial charge in [-0.3, -0.25) is 9.69 Å². The molecule has 1 saturated heterocycles. The quantitative estimate of drug-likeness (QED) is 0.890. The molecule has 3 aliphatic rings. The number of hydrogen-bond donors (Lipinski definition) is 1. The lowest BCUT2D eigenvalue weighted by molar-refractivity contribution is -0.123. The lowest BCUT2D eigenvalue weighted by atomic mass is 9.87. The first-order chi connectivity index (χ1) is 12.1. The number of benzene rings is 1. The molecule has 1 aromatic rings. The predicted octanol–water partition coefficient (Wildman–Crippen LogP) is 2.22. The monoisotopic (exact) mass is 364 g/mol. The van der Waals surface area contributed by atoms with Gasteiger partial charge in [0, 0.05) is 47.6 Å². The van der Waals surface area contributed by atoms with Gasteiger partial charge in [-0.25, -0.2) is 0 Å². The summed E-state index contributed by atoms with van der Waals surface area (Å²) in [7, 11) is 0. The lowest BCUT2D eigenvalue weighted by Crippen LogP contribution is -2.47. The van der Waals surface area contributed by atoms with Crippen LogP contribution in [0, 0.1) is 5.92 Å². The van der Waals surface area contributed by atoms with E-state index in [9.17, 15) is 4.79 Å². The molecular formula is C19H25ClN2O3. The summed E-state index contributed by atoms with van der Waals surface area (Å²) in [5.74, 6) is 1.08. The van der Waals surface area contributed by atoms with Crippen LogP contribution in [-0.4, -0.2) is 56.3 Å². The predicted molar refractivity (Wildman–Crippen MR) is 96.2 cm³/mol. The van der Waals surface area contributed by atoms with E-state index in [1.165, 1.54) is 0 Å². The molecule has 3 atom stereocenters. The number of morpholine rings is 1. The standard InChI is InChI=1S/C19H25ClN2O3/c1-13-12-24-9-7-22(13)6-5-21-18(23)16-11-19(16)4-8-25-17-3-2-14(20)10-15(17)19/h2-3,10,13,16H,4-9,11-12H2,1H3,(H,21,23)/t13-,16+,19+/m1/s1. The van der Waals surface area contributed by atoms with Crippen molar-refractivity contribution >= 4 is 17.5 Å². The van der Waals surface area contributed by atoms with Gasteiger partial charge in [0.05, 0.1) is 19.8 Å². The van der Waals surface area contributed by atoms with Gasteiger partial charge in [-0.15, -0.1) is 0 Å². The number of ether oxygens (including phenoxy) is 2. The molecule has 4 rings (SSSR count). The summed E-state index contributed by atoms with van der Waals surface area (Å²) in [6, 6.07) is 6.16. The van der Waals surface area contributed by atoms with Crippen molar-refractivity contribution in [1.29, 1.82) is 0 Å². The molecule has 5 nitrogen and oxygen atoms in total. The van der Waals surface area contributed by atoms with Crippen LogP contribution in [0.1, 0.15) is 25.3 Å². The highest BCUT2D eigenvalue weighted by molar-refractivity contribution is 6.30. The minimum atomic E-state index is -0.0746. The summed E-state index contributed by atoms with van der Waals surface area (Å²) >= 11 is 6.17. The number of fused-ring (bicyclic) bond motifs is 2. The fourth-order valence-electron chi connectivity index (χ4n) is 4.26. The van der Waals surface area contributed by atoms with E-state index >= 15 is 0 Å². The Bertz CT molecular complexity index is 668. The second-order valence-electron chi connectivity index (χ2n) is 7.40. The molecular weight excluding hydrogens is 340 g/mol. The Morgan fingerprint density at radius 2 is 2.32 bits per heavy atom. The normalized spacial score (nSPS) is 31.3. The van der Waals surface area contributed by atoms with Gasteiger partial charge < -0.3 is 14.8 Å². The van der Waals surface area contributed by atoms with Crippen LogP contribution in [-0.2, 0) is 14.9 Å². The number of hydrogen-bond acceptors (Lipinski definition) is 4. The summed E-state index contributed by atoms with van der Waals surface area (Å²) < 4.78 is 11.2. The van der Waals surface area contributed by atoms with Gasteiger partial charge in [-0.2, -0.15) is 0 Å². The van der Waals surface area contributed by atoms with E-state index in [0.717, 1.165) is 50.5 Å². The summed E-state index contributed by atoms with van der Waals surface area (Å²) in [4.78, 5) is 15.0. The molecule has 25 heavy (non-hydrogen) atoms. The number of nitrogens with one attached hydrogen (secondary N) is 1. The minimum absolute atomic E-state index is 0.0377. The van der Waals surface area contributed by atoms with Crippen molar-refractivity contribution in [3.05, 3.63) is 28.8 Å². The summed E-state index contributed by atoms with van der Waals surface area (Å²) in [5, 5.41) is 3.84. The summed E-state index contributed by atoms with van der Waals surface area (Å²) in [5.41, 5.74) is 1.03. The maximum atomic E-state index is 12.7. The second kappa shape index (κ2) is 6.78. The minimum Gasteiger partial charge on any atom is -0.493 e. The van der Waals surface area contributed by atoms with E-state index in [1.54, 1.807) is 0 Å². The molecule has 2 heterocycles. The SMILES string of the molecule is C[C@@H]1COCCN1CCNC(=O)[C@@H]1C[C@]12CCOc1ccc(Cl)cc12. The molecule has 2 aliphatic heterocycles. The van der Waals surface area contributed by atoms with E-state index in [-0.39, 0.29) is 17.2 Å². The first-order valence-corrected chi connectivity index (χ1v) is 9.50. The fourth-order valence-corrected chi connectivity index (χ4v) is 4.43. The topological polar surface area (TPSA) is 50.8 Å². The average Bonchev–Trinajstić information content (AvgIpc) is 3.32. The third kappa shape index (κ3) is 3.25. The van der Waals surface area contributed by atoms with Crippen LogP contribution in [0.25, 0.3) is 0 Å². The highest BCUT2D eigenvalue weighted by Crippen LogP contribution is 2.61. The van der Waals surface area contributed by atoms with Gasteiger partial charge in [-0.05, 0) is 38.0 Å². The van der Waals surface area contributed by atoms with Crippen molar-refractivity contribution in [2.45, 2.75) is 31.2 Å². The molecule has 1 aliphatic carbocycles. The van der Waals surface area contributed by atoms with Crippen LogP contribution < -0.4 is 10.1 Å². The van der Waals surface area contributed by atoms with Crippen LogP contribution in [0.3, 0.4) is 0 Å². The van der Waals surface area contributed by atoms with Crippen LogP contribution in [0.5, 0.6) is 5.75 Å². The number of carbonyl (C=O) groups is 1. The summed E-state index contributed by atoms with van der Waals surface area (Å²) in [6.07, 6.45) is 1.78. The second-order valence-corrected chi connectivity index (χ2v) is 7.84. The molecule has 0 unspecified atom stereocenters. The van der Waals surface area contributed by atoms with Crippen molar-refractivity contribution in [3.8, 4) is 5.75 Å². The lowest BCUT2D eigenvalue weighted by Gasteiger charge is -2.33. The third-order valence-electron chi connectivity index (χ3n) is 5.88. The molecule has 136 valence electrons. The Balaban J connectivity index is 1.35. The van der Waals surface area contributed by atoms with Gasteiger partial charge in [0.1, 0.15) is 5.75 Å². The van der Waals surface area contributed by atoms with Gasteiger partial charge in [0.25, 0.3) is 0 Å². The zero-order valence-corrected chi connectivity index (χ0v) is 15.3. The first kappa shape index (κ1) is 17.1. The molecule has 1 spiro atoms. The molecule has 2 fully saturated rings. The van der Waals surface area contributed by atoms with Crippen LogP contribution in [0.15, 0.2) is 18.2 Å². The van der Waals surface area contributed by atoms with Gasteiger partial charge in [0.15, 0.2) is 0 Å². The molecule has 0 radical (unpaired) electrons. The zero-order chi connectivity index (χ0) is 17.4. The van der Waals surface area contributed by atoms with E-state index < -0.39 is 0 Å². The van der Waals surface area contributed by atoms with Crippen molar-refractivity contribution in [1.82, 2.24) is 10.2 Å². The van der Waals surface area contributed by atoms with Crippen molar-refractivity contribution < 1.29 is 14.3 Å². The molecule has 1 amide bonds. The third-order valence-corrected chi connectivity index (χ3v) is 6.11. The van der Waals surface area contributed by atoms with Crippen LogP contribution >= 0.6 is 11.6 Å². The smallest absolute Gasteiger partial charge is 0.224 e. The van der Waals surface area contributed by atoms with E-state index in [2.05, 4.69) is 17.1 Å². The van der Waals surface area contributed by atoms with Gasteiger partial charge >= 0.3 is 0 Å². The molecule has 0 aromatic heterocycles. The first-order valence-electron chi connectivity index (χ1n) is 9.12. The maximum Gasteiger partial charge on any atom is 0.224 e. The Kier molecular flexibility index (Phi) is 4.65. The number of nitrogens with zero attached hydrogens (tertiary/aromatic N) is 1.